The van der Waals surface area contributed by atoms with Gasteiger partial charge in [-0.2, -0.15) is 0 Å². The molecule has 0 bridgehead atoms. The summed E-state index contributed by atoms with van der Waals surface area (Å²) in [4.78, 5) is 0. The van der Waals surface area contributed by atoms with Gasteiger partial charge in [-0.25, -0.2) is 0 Å². The van der Waals surface area contributed by atoms with Crippen molar-refractivity contribution in [1.82, 2.24) is 5.32 Å². The van der Waals surface area contributed by atoms with Crippen LogP contribution in [0.15, 0.2) is 42.5 Å². The Morgan fingerprint density at radius 3 is 2.57 bits per heavy atom. The second kappa shape index (κ2) is 6.03. The molecule has 2 aromatic carbocycles. The van der Waals surface area contributed by atoms with Gasteiger partial charge in [0, 0.05) is 6.04 Å². The van der Waals surface area contributed by atoms with Crippen LogP contribution in [0.1, 0.15) is 40.3 Å². The molecule has 1 nitrogen and oxygen atoms in total. The van der Waals surface area contributed by atoms with E-state index < -0.39 is 0 Å². The van der Waals surface area contributed by atoms with Gasteiger partial charge in [-0.05, 0) is 68.3 Å². The Kier molecular flexibility index (Phi) is 4.12. The van der Waals surface area contributed by atoms with Crippen molar-refractivity contribution in [2.45, 2.75) is 39.2 Å². The molecule has 110 valence electrons. The summed E-state index contributed by atoms with van der Waals surface area (Å²) in [7, 11) is 2.10. The standard InChI is InChI=1S/C20H25N/c1-14-8-9-15(2)19(12-14)20(21-3)18-11-10-16-6-4-5-7-17(16)13-18/h4-9,12,18,20-21H,10-11,13H2,1-3H3. The molecule has 1 aliphatic rings. The Labute approximate surface area is 128 Å². The molecule has 2 unspecified atom stereocenters. The number of hydrogen-bond acceptors (Lipinski definition) is 1. The van der Waals surface area contributed by atoms with Crippen molar-refractivity contribution in [2.24, 2.45) is 5.92 Å². The average Bonchev–Trinajstić information content (AvgIpc) is 2.51. The Hall–Kier alpha value is -1.60. The number of benzene rings is 2. The minimum atomic E-state index is 0.457. The SMILES string of the molecule is CNC(c1cc(C)ccc1C)C1CCc2ccccc2C1. The van der Waals surface area contributed by atoms with E-state index in [9.17, 15) is 0 Å². The van der Waals surface area contributed by atoms with Gasteiger partial charge in [0.25, 0.3) is 0 Å². The van der Waals surface area contributed by atoms with Gasteiger partial charge in [-0.3, -0.25) is 0 Å². The molecule has 1 aliphatic carbocycles. The van der Waals surface area contributed by atoms with Crippen LogP contribution in [0.5, 0.6) is 0 Å². The summed E-state index contributed by atoms with van der Waals surface area (Å²) in [6.07, 6.45) is 3.68. The quantitative estimate of drug-likeness (QED) is 0.879. The van der Waals surface area contributed by atoms with Crippen molar-refractivity contribution in [1.29, 1.82) is 0 Å². The minimum Gasteiger partial charge on any atom is -0.313 e. The molecule has 1 N–H and O–H groups in total. The Bertz CT molecular complexity index is 629. The molecular weight excluding hydrogens is 254 g/mol. The molecule has 0 saturated heterocycles. The van der Waals surface area contributed by atoms with Crippen LogP contribution in [0.3, 0.4) is 0 Å². The molecular formula is C20H25N. The van der Waals surface area contributed by atoms with E-state index in [-0.39, 0.29) is 0 Å². The van der Waals surface area contributed by atoms with Crippen molar-refractivity contribution in [2.75, 3.05) is 7.05 Å². The first-order chi connectivity index (χ1) is 10.2. The Morgan fingerprint density at radius 2 is 1.81 bits per heavy atom. The van der Waals surface area contributed by atoms with Crippen LogP contribution in [0, 0.1) is 19.8 Å². The molecule has 0 fully saturated rings. The van der Waals surface area contributed by atoms with E-state index in [0.717, 1.165) is 0 Å². The van der Waals surface area contributed by atoms with Crippen LogP contribution >= 0.6 is 0 Å². The number of aryl methyl sites for hydroxylation is 3. The van der Waals surface area contributed by atoms with E-state index in [1.165, 1.54) is 36.0 Å². The fourth-order valence-electron chi connectivity index (χ4n) is 3.75. The van der Waals surface area contributed by atoms with E-state index in [4.69, 9.17) is 0 Å². The van der Waals surface area contributed by atoms with Gasteiger partial charge < -0.3 is 5.32 Å². The fourth-order valence-corrected chi connectivity index (χ4v) is 3.75. The van der Waals surface area contributed by atoms with E-state index in [1.807, 2.05) is 0 Å². The first kappa shape index (κ1) is 14.3. The van der Waals surface area contributed by atoms with Gasteiger partial charge >= 0.3 is 0 Å². The highest BCUT2D eigenvalue weighted by Gasteiger charge is 2.27. The highest BCUT2D eigenvalue weighted by molar-refractivity contribution is 5.35. The molecule has 0 radical (unpaired) electrons. The van der Waals surface area contributed by atoms with Crippen LogP contribution in [-0.2, 0) is 12.8 Å². The van der Waals surface area contributed by atoms with Gasteiger partial charge in [0.15, 0.2) is 0 Å². The third kappa shape index (κ3) is 2.89. The zero-order valence-corrected chi connectivity index (χ0v) is 13.3. The first-order valence-electron chi connectivity index (χ1n) is 8.00. The molecule has 0 aliphatic heterocycles. The molecule has 0 spiro atoms. The molecule has 2 atom stereocenters. The predicted molar refractivity (Wildman–Crippen MR) is 89.7 cm³/mol. The van der Waals surface area contributed by atoms with E-state index in [0.29, 0.717) is 12.0 Å². The molecule has 1 heteroatoms. The van der Waals surface area contributed by atoms with Crippen LogP contribution in [-0.4, -0.2) is 7.05 Å². The van der Waals surface area contributed by atoms with Crippen molar-refractivity contribution < 1.29 is 0 Å². The predicted octanol–water partition coefficient (Wildman–Crippen LogP) is 4.37. The summed E-state index contributed by atoms with van der Waals surface area (Å²) in [5.74, 6) is 0.686. The van der Waals surface area contributed by atoms with Crippen molar-refractivity contribution in [3.8, 4) is 0 Å². The zero-order chi connectivity index (χ0) is 14.8. The molecule has 2 aromatic rings. The van der Waals surface area contributed by atoms with Crippen LogP contribution in [0.25, 0.3) is 0 Å². The van der Waals surface area contributed by atoms with Gasteiger partial charge in [0.1, 0.15) is 0 Å². The second-order valence-corrected chi connectivity index (χ2v) is 6.40. The van der Waals surface area contributed by atoms with E-state index >= 15 is 0 Å². The second-order valence-electron chi connectivity index (χ2n) is 6.40. The third-order valence-electron chi connectivity index (χ3n) is 4.94. The van der Waals surface area contributed by atoms with Gasteiger partial charge in [0.05, 0.1) is 0 Å². The highest BCUT2D eigenvalue weighted by atomic mass is 14.9. The molecule has 0 heterocycles. The summed E-state index contributed by atoms with van der Waals surface area (Å²) in [5.41, 5.74) is 7.32. The lowest BCUT2D eigenvalue weighted by Crippen LogP contribution is -2.30. The van der Waals surface area contributed by atoms with E-state index in [1.54, 1.807) is 11.1 Å². The molecule has 3 rings (SSSR count). The maximum Gasteiger partial charge on any atom is 0.0352 e. The maximum atomic E-state index is 3.59. The Balaban J connectivity index is 1.90. The summed E-state index contributed by atoms with van der Waals surface area (Å²) < 4.78 is 0. The average molecular weight is 279 g/mol. The molecule has 0 saturated carbocycles. The van der Waals surface area contributed by atoms with Crippen molar-refractivity contribution in [3.63, 3.8) is 0 Å². The number of fused-ring (bicyclic) bond motifs is 1. The maximum absolute atomic E-state index is 3.59. The summed E-state index contributed by atoms with van der Waals surface area (Å²) in [6.45, 7) is 4.42. The van der Waals surface area contributed by atoms with Crippen molar-refractivity contribution >= 4 is 0 Å². The zero-order valence-electron chi connectivity index (χ0n) is 13.3. The highest BCUT2D eigenvalue weighted by Crippen LogP contribution is 2.35. The smallest absolute Gasteiger partial charge is 0.0352 e. The van der Waals surface area contributed by atoms with Crippen LogP contribution < -0.4 is 5.32 Å². The molecule has 0 amide bonds. The topological polar surface area (TPSA) is 12.0 Å². The Morgan fingerprint density at radius 1 is 1.05 bits per heavy atom. The lowest BCUT2D eigenvalue weighted by Gasteiger charge is -2.32. The van der Waals surface area contributed by atoms with Crippen LogP contribution in [0.4, 0.5) is 0 Å². The lowest BCUT2D eigenvalue weighted by molar-refractivity contribution is 0.341. The van der Waals surface area contributed by atoms with Gasteiger partial charge in [-0.15, -0.1) is 0 Å². The largest absolute Gasteiger partial charge is 0.313 e. The number of rotatable bonds is 3. The summed E-state index contributed by atoms with van der Waals surface area (Å²) in [5, 5.41) is 3.59. The lowest BCUT2D eigenvalue weighted by atomic mass is 9.77. The van der Waals surface area contributed by atoms with E-state index in [2.05, 4.69) is 68.7 Å². The minimum absolute atomic E-state index is 0.457. The fraction of sp³-hybridized carbons (Fsp3) is 0.400. The van der Waals surface area contributed by atoms with Crippen LogP contribution in [0.2, 0.25) is 0 Å². The molecule has 21 heavy (non-hydrogen) atoms. The molecule has 0 aromatic heterocycles. The number of hydrogen-bond donors (Lipinski definition) is 1. The van der Waals surface area contributed by atoms with Gasteiger partial charge in [0.2, 0.25) is 0 Å². The number of nitrogens with one attached hydrogen (secondary N) is 1. The normalized spacial score (nSPS) is 19.1. The third-order valence-corrected chi connectivity index (χ3v) is 4.94. The van der Waals surface area contributed by atoms with Crippen molar-refractivity contribution in [3.05, 3.63) is 70.3 Å². The monoisotopic (exact) mass is 279 g/mol. The summed E-state index contributed by atoms with van der Waals surface area (Å²) >= 11 is 0. The van der Waals surface area contributed by atoms with Gasteiger partial charge in [-0.1, -0.05) is 48.0 Å². The first-order valence-corrected chi connectivity index (χ1v) is 8.00. The summed E-state index contributed by atoms with van der Waals surface area (Å²) in [6, 6.07) is 16.2.